The summed E-state index contributed by atoms with van der Waals surface area (Å²) >= 11 is 3.58. The van der Waals surface area contributed by atoms with E-state index in [0.29, 0.717) is 0 Å². The van der Waals surface area contributed by atoms with Crippen LogP contribution in [0.1, 0.15) is 17.3 Å². The summed E-state index contributed by atoms with van der Waals surface area (Å²) in [5, 5.41) is 1.10. The molecular weight excluding hydrogens is 318 g/mol. The van der Waals surface area contributed by atoms with Crippen LogP contribution in [0.4, 0.5) is 0 Å². The summed E-state index contributed by atoms with van der Waals surface area (Å²) in [4.78, 5) is 4.71. The molecule has 0 aliphatic carbocycles. The Bertz CT molecular complexity index is 712. The quantitative estimate of drug-likeness (QED) is 0.568. The first-order valence-corrected chi connectivity index (χ1v) is 7.09. The molecule has 0 fully saturated rings. The van der Waals surface area contributed by atoms with Crippen LogP contribution in [0.5, 0.6) is 0 Å². The third kappa shape index (κ3) is 2.60. The largest absolute Gasteiger partial charge is 0.472 e. The summed E-state index contributed by atoms with van der Waals surface area (Å²) in [6.45, 7) is 0. The zero-order chi connectivity index (χ0) is 13.9. The number of para-hydroxylation sites is 1. The van der Waals surface area contributed by atoms with Crippen LogP contribution < -0.4 is 11.3 Å². The second-order valence-corrected chi connectivity index (χ2v) is 5.46. The van der Waals surface area contributed by atoms with Gasteiger partial charge in [-0.15, -0.1) is 0 Å². The van der Waals surface area contributed by atoms with Crippen LogP contribution in [0.3, 0.4) is 0 Å². The van der Waals surface area contributed by atoms with E-state index < -0.39 is 0 Å². The molecule has 0 bridgehead atoms. The van der Waals surface area contributed by atoms with E-state index in [-0.39, 0.29) is 6.04 Å². The summed E-state index contributed by atoms with van der Waals surface area (Å²) in [7, 11) is 0. The fourth-order valence-corrected chi connectivity index (χ4v) is 2.84. The number of halogens is 1. The van der Waals surface area contributed by atoms with Gasteiger partial charge in [-0.1, -0.05) is 18.2 Å². The summed E-state index contributed by atoms with van der Waals surface area (Å²) in [5.41, 5.74) is 5.76. The summed E-state index contributed by atoms with van der Waals surface area (Å²) < 4.78 is 6.04. The summed E-state index contributed by atoms with van der Waals surface area (Å²) in [5.74, 6) is 5.69. The van der Waals surface area contributed by atoms with Gasteiger partial charge in [0.1, 0.15) is 0 Å². The van der Waals surface area contributed by atoms with Crippen LogP contribution in [0.15, 0.2) is 57.8 Å². The number of hydrazine groups is 1. The van der Waals surface area contributed by atoms with Crippen LogP contribution >= 0.6 is 15.9 Å². The van der Waals surface area contributed by atoms with Gasteiger partial charge in [-0.2, -0.15) is 0 Å². The lowest BCUT2D eigenvalue weighted by atomic mass is 10.0. The van der Waals surface area contributed by atoms with Crippen molar-refractivity contribution < 1.29 is 4.42 Å². The Morgan fingerprint density at radius 2 is 2.15 bits per heavy atom. The number of hydrogen-bond donors (Lipinski definition) is 2. The molecule has 0 saturated heterocycles. The molecule has 3 N–H and O–H groups in total. The second-order valence-electron chi connectivity index (χ2n) is 4.60. The van der Waals surface area contributed by atoms with Crippen LogP contribution in [-0.2, 0) is 6.42 Å². The molecule has 0 spiro atoms. The molecule has 0 aliphatic rings. The highest BCUT2D eigenvalue weighted by molar-refractivity contribution is 9.10. The van der Waals surface area contributed by atoms with E-state index in [1.54, 1.807) is 12.5 Å². The smallest absolute Gasteiger partial charge is 0.0935 e. The standard InChI is InChI=1S/C15H14BrN3O/c16-12-8-11-3-1-2-4-13(11)18-15(12)14(19-17)7-10-5-6-20-9-10/h1-6,8-9,14,19H,7,17H2. The van der Waals surface area contributed by atoms with Crippen molar-refractivity contribution in [2.24, 2.45) is 5.84 Å². The normalized spacial score (nSPS) is 12.7. The minimum atomic E-state index is -0.0772. The number of nitrogens with two attached hydrogens (primary N) is 1. The SMILES string of the molecule is NNC(Cc1ccoc1)c1nc2ccccc2cc1Br. The number of fused-ring (bicyclic) bond motifs is 1. The molecule has 0 aliphatic heterocycles. The third-order valence-electron chi connectivity index (χ3n) is 3.26. The van der Waals surface area contributed by atoms with E-state index in [0.717, 1.165) is 33.1 Å². The molecule has 3 aromatic rings. The Balaban J connectivity index is 2.00. The number of aromatic nitrogens is 1. The minimum absolute atomic E-state index is 0.0772. The van der Waals surface area contributed by atoms with E-state index in [1.807, 2.05) is 30.3 Å². The molecule has 102 valence electrons. The fourth-order valence-electron chi connectivity index (χ4n) is 2.23. The maximum absolute atomic E-state index is 5.69. The Morgan fingerprint density at radius 1 is 1.30 bits per heavy atom. The number of hydrogen-bond acceptors (Lipinski definition) is 4. The van der Waals surface area contributed by atoms with Crippen molar-refractivity contribution in [2.75, 3.05) is 0 Å². The topological polar surface area (TPSA) is 64.1 Å². The fraction of sp³-hybridized carbons (Fsp3) is 0.133. The molecule has 3 rings (SSSR count). The minimum Gasteiger partial charge on any atom is -0.472 e. The highest BCUT2D eigenvalue weighted by Crippen LogP contribution is 2.27. The lowest BCUT2D eigenvalue weighted by Crippen LogP contribution is -2.30. The lowest BCUT2D eigenvalue weighted by Gasteiger charge is -2.16. The molecule has 0 saturated carbocycles. The molecule has 1 aromatic carbocycles. The van der Waals surface area contributed by atoms with Gasteiger partial charge in [0.15, 0.2) is 0 Å². The average Bonchev–Trinajstić information content (AvgIpc) is 2.97. The Morgan fingerprint density at radius 3 is 2.90 bits per heavy atom. The molecule has 2 heterocycles. The molecule has 4 nitrogen and oxygen atoms in total. The Labute approximate surface area is 125 Å². The van der Waals surface area contributed by atoms with E-state index in [9.17, 15) is 0 Å². The van der Waals surface area contributed by atoms with Gasteiger partial charge in [-0.3, -0.25) is 11.3 Å². The van der Waals surface area contributed by atoms with Gasteiger partial charge in [-0.05, 0) is 46.1 Å². The summed E-state index contributed by atoms with van der Waals surface area (Å²) in [6.07, 6.45) is 4.10. The number of furan rings is 1. The van der Waals surface area contributed by atoms with Crippen LogP contribution in [0.2, 0.25) is 0 Å². The molecule has 2 aromatic heterocycles. The molecule has 1 atom stereocenters. The predicted octanol–water partition coefficient (Wildman–Crippen LogP) is 3.34. The first-order valence-electron chi connectivity index (χ1n) is 6.30. The average molecular weight is 332 g/mol. The Kier molecular flexibility index (Phi) is 3.82. The van der Waals surface area contributed by atoms with Gasteiger partial charge in [0.05, 0.1) is 29.8 Å². The van der Waals surface area contributed by atoms with Gasteiger partial charge in [0, 0.05) is 9.86 Å². The zero-order valence-electron chi connectivity index (χ0n) is 10.7. The number of pyridine rings is 1. The maximum Gasteiger partial charge on any atom is 0.0935 e. The van der Waals surface area contributed by atoms with Gasteiger partial charge < -0.3 is 4.42 Å². The first-order chi connectivity index (χ1) is 9.78. The third-order valence-corrected chi connectivity index (χ3v) is 3.89. The molecule has 1 unspecified atom stereocenters. The number of benzene rings is 1. The molecule has 0 radical (unpaired) electrons. The van der Waals surface area contributed by atoms with Crippen molar-refractivity contribution in [3.63, 3.8) is 0 Å². The highest BCUT2D eigenvalue weighted by atomic mass is 79.9. The Hall–Kier alpha value is -1.69. The lowest BCUT2D eigenvalue weighted by molar-refractivity contribution is 0.526. The van der Waals surface area contributed by atoms with E-state index in [1.165, 1.54) is 0 Å². The van der Waals surface area contributed by atoms with E-state index >= 15 is 0 Å². The van der Waals surface area contributed by atoms with Crippen molar-refractivity contribution in [3.8, 4) is 0 Å². The van der Waals surface area contributed by atoms with Crippen molar-refractivity contribution in [2.45, 2.75) is 12.5 Å². The monoisotopic (exact) mass is 331 g/mol. The number of nitrogens with one attached hydrogen (secondary N) is 1. The predicted molar refractivity (Wildman–Crippen MR) is 81.9 cm³/mol. The van der Waals surface area contributed by atoms with Gasteiger partial charge >= 0.3 is 0 Å². The van der Waals surface area contributed by atoms with E-state index in [2.05, 4.69) is 27.4 Å². The van der Waals surface area contributed by atoms with Crippen LogP contribution in [0, 0.1) is 0 Å². The van der Waals surface area contributed by atoms with Crippen molar-refractivity contribution in [1.29, 1.82) is 0 Å². The van der Waals surface area contributed by atoms with Crippen LogP contribution in [0.25, 0.3) is 10.9 Å². The number of nitrogens with zero attached hydrogens (tertiary/aromatic N) is 1. The molecule has 5 heteroatoms. The highest BCUT2D eigenvalue weighted by Gasteiger charge is 2.17. The first kappa shape index (κ1) is 13.3. The van der Waals surface area contributed by atoms with Gasteiger partial charge in [0.2, 0.25) is 0 Å². The van der Waals surface area contributed by atoms with E-state index in [4.69, 9.17) is 15.2 Å². The van der Waals surface area contributed by atoms with Crippen molar-refractivity contribution >= 4 is 26.8 Å². The molecular formula is C15H14BrN3O. The van der Waals surface area contributed by atoms with Gasteiger partial charge in [-0.25, -0.2) is 4.98 Å². The van der Waals surface area contributed by atoms with Crippen LogP contribution in [-0.4, -0.2) is 4.98 Å². The van der Waals surface area contributed by atoms with Crippen molar-refractivity contribution in [3.05, 3.63) is 64.7 Å². The molecule has 20 heavy (non-hydrogen) atoms. The number of rotatable bonds is 4. The maximum atomic E-state index is 5.69. The summed E-state index contributed by atoms with van der Waals surface area (Å²) in [6, 6.07) is 11.9. The van der Waals surface area contributed by atoms with Gasteiger partial charge in [0.25, 0.3) is 0 Å². The zero-order valence-corrected chi connectivity index (χ0v) is 12.3. The second kappa shape index (κ2) is 5.75. The van der Waals surface area contributed by atoms with Crippen molar-refractivity contribution in [1.82, 2.24) is 10.4 Å². The molecule has 0 amide bonds.